The van der Waals surface area contributed by atoms with Crippen molar-refractivity contribution in [1.82, 2.24) is 4.90 Å². The Kier molecular flexibility index (Phi) is 6.03. The molecular weight excluding hydrogens is 357 g/mol. The number of ether oxygens (including phenoxy) is 1. The van der Waals surface area contributed by atoms with E-state index in [2.05, 4.69) is 4.90 Å². The second-order valence-corrected chi connectivity index (χ2v) is 8.28. The normalized spacial score (nSPS) is 16.9. The van der Waals surface area contributed by atoms with Crippen LogP contribution in [0.15, 0.2) is 17.0 Å². The van der Waals surface area contributed by atoms with Crippen molar-refractivity contribution < 1.29 is 13.2 Å². The molecule has 1 aromatic carbocycles. The van der Waals surface area contributed by atoms with E-state index in [1.165, 1.54) is 31.4 Å². The van der Waals surface area contributed by atoms with Gasteiger partial charge in [0, 0.05) is 17.2 Å². The summed E-state index contributed by atoms with van der Waals surface area (Å²) in [7, 11) is 1.41. The summed E-state index contributed by atoms with van der Waals surface area (Å²) in [6.07, 6.45) is 3.71. The first-order valence-electron chi connectivity index (χ1n) is 6.67. The van der Waals surface area contributed by atoms with Crippen molar-refractivity contribution in [2.45, 2.75) is 24.2 Å². The highest BCUT2D eigenvalue weighted by atomic mass is 35.7. The average Bonchev–Trinajstić information content (AvgIpc) is 2.42. The third-order valence-corrected chi connectivity index (χ3v) is 5.25. The molecule has 0 bridgehead atoms. The van der Waals surface area contributed by atoms with Crippen molar-refractivity contribution in [3.05, 3.63) is 22.2 Å². The Balaban J connectivity index is 2.00. The average molecular weight is 373 g/mol. The molecule has 0 radical (unpaired) electrons. The second kappa shape index (κ2) is 7.38. The van der Waals surface area contributed by atoms with Gasteiger partial charge in [0.1, 0.15) is 6.61 Å². The standard InChI is InChI=1S/C13H16Cl3NO3S/c14-11-8-10(21(16,18)19)9-12(15)13(11)20-7-6-17-4-2-1-3-5-17/h8-9H,1-7H2. The quantitative estimate of drug-likeness (QED) is 0.738. The van der Waals surface area contributed by atoms with Crippen molar-refractivity contribution in [3.63, 3.8) is 0 Å². The third kappa shape index (κ3) is 4.89. The molecule has 8 heteroatoms. The van der Waals surface area contributed by atoms with Crippen molar-refractivity contribution in [2.75, 3.05) is 26.2 Å². The van der Waals surface area contributed by atoms with Gasteiger partial charge in [0.2, 0.25) is 0 Å². The van der Waals surface area contributed by atoms with Crippen LogP contribution < -0.4 is 4.74 Å². The number of likely N-dealkylation sites (tertiary alicyclic amines) is 1. The highest BCUT2D eigenvalue weighted by molar-refractivity contribution is 8.13. The minimum Gasteiger partial charge on any atom is -0.489 e. The molecule has 1 fully saturated rings. The van der Waals surface area contributed by atoms with Gasteiger partial charge in [0.25, 0.3) is 9.05 Å². The number of hydrogen-bond acceptors (Lipinski definition) is 4. The number of rotatable bonds is 5. The van der Waals surface area contributed by atoms with E-state index in [1.807, 2.05) is 0 Å². The van der Waals surface area contributed by atoms with Crippen LogP contribution in [0, 0.1) is 0 Å². The van der Waals surface area contributed by atoms with Crippen LogP contribution in [0.25, 0.3) is 0 Å². The molecule has 1 aliphatic rings. The smallest absolute Gasteiger partial charge is 0.261 e. The van der Waals surface area contributed by atoms with Gasteiger partial charge in [-0.2, -0.15) is 0 Å². The largest absolute Gasteiger partial charge is 0.489 e. The maximum Gasteiger partial charge on any atom is 0.261 e. The Morgan fingerprint density at radius 3 is 2.19 bits per heavy atom. The lowest BCUT2D eigenvalue weighted by Gasteiger charge is -2.26. The third-order valence-electron chi connectivity index (χ3n) is 3.36. The Bertz CT molecular complexity index is 578. The molecule has 1 aliphatic heterocycles. The number of nitrogens with zero attached hydrogens (tertiary/aromatic N) is 1. The van der Waals surface area contributed by atoms with Crippen LogP contribution in [0.2, 0.25) is 10.0 Å². The van der Waals surface area contributed by atoms with Crippen molar-refractivity contribution in [1.29, 1.82) is 0 Å². The van der Waals surface area contributed by atoms with Gasteiger partial charge in [0.15, 0.2) is 5.75 Å². The maximum atomic E-state index is 11.3. The van der Waals surface area contributed by atoms with E-state index in [-0.39, 0.29) is 14.9 Å². The molecule has 0 aromatic heterocycles. The molecule has 4 nitrogen and oxygen atoms in total. The summed E-state index contributed by atoms with van der Waals surface area (Å²) in [6, 6.07) is 2.48. The van der Waals surface area contributed by atoms with Gasteiger partial charge in [-0.05, 0) is 38.1 Å². The first-order chi connectivity index (χ1) is 9.88. The topological polar surface area (TPSA) is 46.6 Å². The zero-order valence-corrected chi connectivity index (χ0v) is 14.4. The van der Waals surface area contributed by atoms with Crippen molar-refractivity contribution in [2.24, 2.45) is 0 Å². The van der Waals surface area contributed by atoms with Crippen LogP contribution >= 0.6 is 33.9 Å². The number of halogens is 3. The van der Waals surface area contributed by atoms with Crippen LogP contribution in [-0.4, -0.2) is 39.6 Å². The van der Waals surface area contributed by atoms with Gasteiger partial charge < -0.3 is 4.74 Å². The number of piperidine rings is 1. The van der Waals surface area contributed by atoms with E-state index in [1.54, 1.807) is 0 Å². The first-order valence-corrected chi connectivity index (χ1v) is 9.73. The molecule has 118 valence electrons. The summed E-state index contributed by atoms with van der Waals surface area (Å²) >= 11 is 12.0. The van der Waals surface area contributed by atoms with Gasteiger partial charge in [-0.3, -0.25) is 4.90 Å². The van der Waals surface area contributed by atoms with Gasteiger partial charge in [-0.1, -0.05) is 29.6 Å². The van der Waals surface area contributed by atoms with Crippen LogP contribution in [-0.2, 0) is 9.05 Å². The highest BCUT2D eigenvalue weighted by Crippen LogP contribution is 2.36. The highest BCUT2D eigenvalue weighted by Gasteiger charge is 2.17. The predicted molar refractivity (Wildman–Crippen MR) is 85.3 cm³/mol. The van der Waals surface area contributed by atoms with Crippen LogP contribution in [0.3, 0.4) is 0 Å². The number of benzene rings is 1. The number of hydrogen-bond donors (Lipinski definition) is 0. The Labute approximate surface area is 139 Å². The van der Waals surface area contributed by atoms with Gasteiger partial charge >= 0.3 is 0 Å². The van der Waals surface area contributed by atoms with E-state index in [4.69, 9.17) is 38.6 Å². The van der Waals surface area contributed by atoms with Crippen LogP contribution in [0.1, 0.15) is 19.3 Å². The summed E-state index contributed by atoms with van der Waals surface area (Å²) in [6.45, 7) is 3.40. The van der Waals surface area contributed by atoms with E-state index in [9.17, 15) is 8.42 Å². The molecule has 1 heterocycles. The second-order valence-electron chi connectivity index (χ2n) is 4.90. The molecule has 0 atom stereocenters. The molecule has 21 heavy (non-hydrogen) atoms. The molecule has 0 amide bonds. The van der Waals surface area contributed by atoms with Gasteiger partial charge in [-0.25, -0.2) is 8.42 Å². The lowest BCUT2D eigenvalue weighted by atomic mass is 10.1. The molecule has 0 aliphatic carbocycles. The molecule has 0 spiro atoms. The SMILES string of the molecule is O=S(=O)(Cl)c1cc(Cl)c(OCCN2CCCCC2)c(Cl)c1. The maximum absolute atomic E-state index is 11.3. The summed E-state index contributed by atoms with van der Waals surface area (Å²) in [5.41, 5.74) is 0. The summed E-state index contributed by atoms with van der Waals surface area (Å²) in [5, 5.41) is 0.278. The first kappa shape index (κ1) is 17.2. The Hall–Kier alpha value is -0.200. The fraction of sp³-hybridized carbons (Fsp3) is 0.538. The lowest BCUT2D eigenvalue weighted by molar-refractivity contribution is 0.183. The van der Waals surface area contributed by atoms with E-state index >= 15 is 0 Å². The summed E-state index contributed by atoms with van der Waals surface area (Å²) < 4.78 is 28.1. The van der Waals surface area contributed by atoms with Crippen LogP contribution in [0.5, 0.6) is 5.75 Å². The zero-order chi connectivity index (χ0) is 15.5. The van der Waals surface area contributed by atoms with Gasteiger partial charge in [-0.15, -0.1) is 0 Å². The van der Waals surface area contributed by atoms with E-state index < -0.39 is 9.05 Å². The monoisotopic (exact) mass is 371 g/mol. The van der Waals surface area contributed by atoms with Crippen LogP contribution in [0.4, 0.5) is 0 Å². The summed E-state index contributed by atoms with van der Waals surface area (Å²) in [4.78, 5) is 2.19. The Morgan fingerprint density at radius 2 is 1.67 bits per heavy atom. The molecule has 0 saturated carbocycles. The fourth-order valence-electron chi connectivity index (χ4n) is 2.28. The van der Waals surface area contributed by atoms with E-state index in [0.29, 0.717) is 12.4 Å². The predicted octanol–water partition coefficient (Wildman–Crippen LogP) is 3.79. The summed E-state index contributed by atoms with van der Waals surface area (Å²) in [5.74, 6) is 0.291. The fourth-order valence-corrected chi connectivity index (χ4v) is 3.79. The molecule has 1 saturated heterocycles. The molecule has 0 unspecified atom stereocenters. The van der Waals surface area contributed by atoms with E-state index in [0.717, 1.165) is 19.6 Å². The van der Waals surface area contributed by atoms with Gasteiger partial charge in [0.05, 0.1) is 14.9 Å². The van der Waals surface area contributed by atoms with Crippen molar-refractivity contribution in [3.8, 4) is 5.75 Å². The Morgan fingerprint density at radius 1 is 1.10 bits per heavy atom. The zero-order valence-electron chi connectivity index (χ0n) is 11.3. The van der Waals surface area contributed by atoms with Crippen molar-refractivity contribution >= 4 is 42.9 Å². The minimum atomic E-state index is -3.86. The molecule has 0 N–H and O–H groups in total. The lowest BCUT2D eigenvalue weighted by Crippen LogP contribution is -2.33. The molecule has 2 rings (SSSR count). The molecule has 1 aromatic rings. The molecular formula is C13H16Cl3NO3S. The minimum absolute atomic E-state index is 0.137.